The molecule has 0 bridgehead atoms. The van der Waals surface area contributed by atoms with Gasteiger partial charge in [-0.15, -0.1) is 0 Å². The average Bonchev–Trinajstić information content (AvgIpc) is 2.29. The summed E-state index contributed by atoms with van der Waals surface area (Å²) in [7, 11) is 1.74. The minimum atomic E-state index is -0.787. The number of benzene rings is 1. The Bertz CT molecular complexity index is 359. The van der Waals surface area contributed by atoms with Crippen LogP contribution in [0.1, 0.15) is 31.4 Å². The molecule has 0 saturated heterocycles. The highest BCUT2D eigenvalue weighted by Gasteiger charge is 2.30. The van der Waals surface area contributed by atoms with Gasteiger partial charge in [-0.05, 0) is 31.5 Å². The van der Waals surface area contributed by atoms with Crippen LogP contribution >= 0.6 is 0 Å². The Morgan fingerprint density at radius 3 is 2.31 bits per heavy atom. The van der Waals surface area contributed by atoms with Gasteiger partial charge in [0.15, 0.2) is 0 Å². The van der Waals surface area contributed by atoms with Crippen molar-refractivity contribution in [2.45, 2.75) is 32.2 Å². The van der Waals surface area contributed by atoms with Crippen LogP contribution in [0.2, 0.25) is 0 Å². The molecule has 16 heavy (non-hydrogen) atoms. The molecule has 0 aromatic heterocycles. The number of likely N-dealkylation sites (N-methyl/N-ethyl adjacent to an activating group) is 1. The Hall–Kier alpha value is -1.35. The topological polar surface area (TPSA) is 55.1 Å². The molecule has 88 valence electrons. The molecule has 1 aromatic carbocycles. The van der Waals surface area contributed by atoms with Crippen LogP contribution in [0.4, 0.5) is 0 Å². The van der Waals surface area contributed by atoms with Crippen LogP contribution in [0, 0.1) is 0 Å². The summed E-state index contributed by atoms with van der Waals surface area (Å²) in [6.45, 7) is 3.94. The molecule has 3 heteroatoms. The van der Waals surface area contributed by atoms with Gasteiger partial charge in [-0.1, -0.05) is 37.6 Å². The third kappa shape index (κ3) is 2.42. The number of hydrogen-bond acceptors (Lipinski definition) is 2. The van der Waals surface area contributed by atoms with Crippen LogP contribution in [0.3, 0.4) is 0 Å². The van der Waals surface area contributed by atoms with Crippen LogP contribution < -0.4 is 11.1 Å². The Kier molecular flexibility index (Phi) is 4.07. The van der Waals surface area contributed by atoms with Gasteiger partial charge < -0.3 is 11.1 Å². The molecule has 1 atom stereocenters. The van der Waals surface area contributed by atoms with Crippen molar-refractivity contribution in [2.75, 3.05) is 7.05 Å². The zero-order chi connectivity index (χ0) is 12.2. The number of amides is 1. The van der Waals surface area contributed by atoms with Crippen LogP contribution in [0.15, 0.2) is 24.3 Å². The lowest BCUT2D eigenvalue weighted by molar-refractivity contribution is -0.123. The first-order chi connectivity index (χ1) is 7.54. The van der Waals surface area contributed by atoms with Crippen LogP contribution in [-0.2, 0) is 16.8 Å². The molecular weight excluding hydrogens is 200 g/mol. The Labute approximate surface area is 97.0 Å². The van der Waals surface area contributed by atoms with Crippen molar-refractivity contribution in [1.82, 2.24) is 5.32 Å². The minimum absolute atomic E-state index is 0.363. The van der Waals surface area contributed by atoms with Crippen molar-refractivity contribution in [2.24, 2.45) is 5.73 Å². The standard InChI is InChI=1S/C13H20N2O/c1-4-5-10-6-8-11(9-7-10)13(2,15-3)12(14)16/h6-9,15H,4-5H2,1-3H3,(H2,14,16). The van der Waals surface area contributed by atoms with Gasteiger partial charge in [0.1, 0.15) is 5.54 Å². The van der Waals surface area contributed by atoms with E-state index in [9.17, 15) is 4.79 Å². The molecule has 1 unspecified atom stereocenters. The third-order valence-electron chi connectivity index (χ3n) is 3.06. The minimum Gasteiger partial charge on any atom is -0.368 e. The number of carbonyl (C=O) groups excluding carboxylic acids is 1. The summed E-state index contributed by atoms with van der Waals surface area (Å²) in [5.74, 6) is -0.363. The highest BCUT2D eigenvalue weighted by atomic mass is 16.1. The van der Waals surface area contributed by atoms with E-state index in [4.69, 9.17) is 5.73 Å². The summed E-state index contributed by atoms with van der Waals surface area (Å²) in [5, 5.41) is 2.97. The first-order valence-electron chi connectivity index (χ1n) is 5.62. The van der Waals surface area contributed by atoms with Gasteiger partial charge in [-0.2, -0.15) is 0 Å². The highest BCUT2D eigenvalue weighted by Crippen LogP contribution is 2.20. The van der Waals surface area contributed by atoms with E-state index in [0.717, 1.165) is 18.4 Å². The molecule has 0 aliphatic carbocycles. The summed E-state index contributed by atoms with van der Waals surface area (Å²) >= 11 is 0. The van der Waals surface area contributed by atoms with Gasteiger partial charge >= 0.3 is 0 Å². The SMILES string of the molecule is CCCc1ccc(C(C)(NC)C(N)=O)cc1. The van der Waals surface area contributed by atoms with Crippen molar-refractivity contribution in [1.29, 1.82) is 0 Å². The second-order valence-corrected chi connectivity index (χ2v) is 4.19. The quantitative estimate of drug-likeness (QED) is 0.791. The molecule has 0 fully saturated rings. The van der Waals surface area contributed by atoms with Crippen LogP contribution in [0.25, 0.3) is 0 Å². The molecule has 0 spiro atoms. The molecular formula is C13H20N2O. The van der Waals surface area contributed by atoms with Crippen molar-refractivity contribution in [3.8, 4) is 0 Å². The summed E-state index contributed by atoms with van der Waals surface area (Å²) in [6, 6.07) is 8.03. The lowest BCUT2D eigenvalue weighted by Crippen LogP contribution is -2.48. The fraction of sp³-hybridized carbons (Fsp3) is 0.462. The van der Waals surface area contributed by atoms with E-state index in [0.29, 0.717) is 0 Å². The van der Waals surface area contributed by atoms with E-state index in [1.165, 1.54) is 5.56 Å². The predicted molar refractivity (Wildman–Crippen MR) is 66.0 cm³/mol. The number of nitrogens with one attached hydrogen (secondary N) is 1. The molecule has 0 saturated carbocycles. The molecule has 0 aliphatic heterocycles. The summed E-state index contributed by atoms with van der Waals surface area (Å²) in [6.07, 6.45) is 2.19. The first-order valence-corrected chi connectivity index (χ1v) is 5.62. The maximum absolute atomic E-state index is 11.4. The van der Waals surface area contributed by atoms with Crippen molar-refractivity contribution in [3.63, 3.8) is 0 Å². The van der Waals surface area contributed by atoms with E-state index in [1.54, 1.807) is 14.0 Å². The molecule has 0 aliphatic rings. The predicted octanol–water partition coefficient (Wildman–Crippen LogP) is 1.56. The van der Waals surface area contributed by atoms with E-state index in [-0.39, 0.29) is 5.91 Å². The van der Waals surface area contributed by atoms with Gasteiger partial charge in [0.25, 0.3) is 0 Å². The number of nitrogens with two attached hydrogens (primary N) is 1. The monoisotopic (exact) mass is 220 g/mol. The van der Waals surface area contributed by atoms with Crippen molar-refractivity contribution in [3.05, 3.63) is 35.4 Å². The Balaban J connectivity index is 2.99. The van der Waals surface area contributed by atoms with E-state index < -0.39 is 5.54 Å². The second-order valence-electron chi connectivity index (χ2n) is 4.19. The van der Waals surface area contributed by atoms with Gasteiger partial charge in [-0.25, -0.2) is 0 Å². The fourth-order valence-electron chi connectivity index (χ4n) is 1.70. The number of carbonyl (C=O) groups is 1. The maximum Gasteiger partial charge on any atom is 0.242 e. The zero-order valence-corrected chi connectivity index (χ0v) is 10.2. The van der Waals surface area contributed by atoms with Crippen LogP contribution in [-0.4, -0.2) is 13.0 Å². The number of rotatable bonds is 5. The van der Waals surface area contributed by atoms with Gasteiger partial charge in [0.05, 0.1) is 0 Å². The number of primary amides is 1. The van der Waals surface area contributed by atoms with Gasteiger partial charge in [0, 0.05) is 0 Å². The van der Waals surface area contributed by atoms with Gasteiger partial charge in [0.2, 0.25) is 5.91 Å². The number of hydrogen-bond donors (Lipinski definition) is 2. The van der Waals surface area contributed by atoms with Crippen molar-refractivity contribution >= 4 is 5.91 Å². The average molecular weight is 220 g/mol. The van der Waals surface area contributed by atoms with E-state index in [1.807, 2.05) is 12.1 Å². The Morgan fingerprint density at radius 1 is 1.38 bits per heavy atom. The summed E-state index contributed by atoms with van der Waals surface area (Å²) in [5.41, 5.74) is 6.81. The molecule has 1 rings (SSSR count). The first kappa shape index (κ1) is 12.7. The smallest absolute Gasteiger partial charge is 0.242 e. The third-order valence-corrected chi connectivity index (χ3v) is 3.06. The Morgan fingerprint density at radius 2 is 1.94 bits per heavy atom. The van der Waals surface area contributed by atoms with Crippen LogP contribution in [0.5, 0.6) is 0 Å². The molecule has 3 nitrogen and oxygen atoms in total. The summed E-state index contributed by atoms with van der Waals surface area (Å²) < 4.78 is 0. The second kappa shape index (κ2) is 5.12. The fourth-order valence-corrected chi connectivity index (χ4v) is 1.70. The van der Waals surface area contributed by atoms with E-state index in [2.05, 4.69) is 24.4 Å². The van der Waals surface area contributed by atoms with E-state index >= 15 is 0 Å². The van der Waals surface area contributed by atoms with Gasteiger partial charge in [-0.3, -0.25) is 4.79 Å². The lowest BCUT2D eigenvalue weighted by atomic mass is 9.90. The molecule has 0 radical (unpaired) electrons. The highest BCUT2D eigenvalue weighted by molar-refractivity contribution is 5.85. The molecule has 1 amide bonds. The maximum atomic E-state index is 11.4. The molecule has 1 aromatic rings. The molecule has 0 heterocycles. The van der Waals surface area contributed by atoms with Crippen molar-refractivity contribution < 1.29 is 4.79 Å². The normalized spacial score (nSPS) is 14.4. The lowest BCUT2D eigenvalue weighted by Gasteiger charge is -2.26. The zero-order valence-electron chi connectivity index (χ0n) is 10.2. The summed E-state index contributed by atoms with van der Waals surface area (Å²) in [4.78, 5) is 11.4. The largest absolute Gasteiger partial charge is 0.368 e. The number of aryl methyl sites for hydroxylation is 1. The molecule has 3 N–H and O–H groups in total.